The molecule has 0 aliphatic carbocycles. The molecule has 120 valence electrons. The lowest BCUT2D eigenvalue weighted by atomic mass is 9.79. The molecule has 1 aliphatic heterocycles. The van der Waals surface area contributed by atoms with Crippen LogP contribution >= 0.6 is 23.2 Å². The van der Waals surface area contributed by atoms with Gasteiger partial charge >= 0.3 is 7.12 Å². The second-order valence-electron chi connectivity index (χ2n) is 4.92. The molecule has 0 spiro atoms. The molecule has 10 heteroatoms. The zero-order valence-electron chi connectivity index (χ0n) is 11.5. The van der Waals surface area contributed by atoms with Crippen LogP contribution in [0.2, 0.25) is 10.0 Å². The van der Waals surface area contributed by atoms with E-state index in [0.29, 0.717) is 5.46 Å². The highest BCUT2D eigenvalue weighted by atomic mass is 35.5. The van der Waals surface area contributed by atoms with E-state index in [2.05, 4.69) is 4.72 Å². The Hall–Kier alpha value is -1.45. The van der Waals surface area contributed by atoms with Crippen LogP contribution in [0.15, 0.2) is 35.2 Å². The number of aromatic hydroxyl groups is 1. The molecule has 0 bridgehead atoms. The molecule has 23 heavy (non-hydrogen) atoms. The number of sulfonamides is 1. The fourth-order valence-corrected chi connectivity index (χ4v) is 3.91. The molecule has 2 aromatic carbocycles. The summed E-state index contributed by atoms with van der Waals surface area (Å²) >= 11 is 11.5. The van der Waals surface area contributed by atoms with Crippen molar-refractivity contribution in [1.29, 1.82) is 0 Å². The largest absolute Gasteiger partial charge is 0.505 e. The van der Waals surface area contributed by atoms with Gasteiger partial charge in [0.25, 0.3) is 10.0 Å². The van der Waals surface area contributed by atoms with Gasteiger partial charge in [0.15, 0.2) is 5.75 Å². The highest BCUT2D eigenvalue weighted by Gasteiger charge is 2.28. The van der Waals surface area contributed by atoms with E-state index in [9.17, 15) is 18.5 Å². The van der Waals surface area contributed by atoms with Gasteiger partial charge in [-0.25, -0.2) is 8.42 Å². The molecule has 0 atom stereocenters. The van der Waals surface area contributed by atoms with E-state index in [4.69, 9.17) is 27.9 Å². The van der Waals surface area contributed by atoms with Crippen molar-refractivity contribution in [1.82, 2.24) is 0 Å². The minimum Gasteiger partial charge on any atom is -0.505 e. The van der Waals surface area contributed by atoms with Crippen molar-refractivity contribution in [2.45, 2.75) is 11.5 Å². The number of hydrogen-bond donors (Lipinski definition) is 3. The number of rotatable bonds is 3. The van der Waals surface area contributed by atoms with Gasteiger partial charge in [-0.3, -0.25) is 4.72 Å². The van der Waals surface area contributed by atoms with Gasteiger partial charge in [-0.1, -0.05) is 29.3 Å². The molecule has 0 aromatic heterocycles. The standard InChI is InChI=1S/C13H10BCl2NO5S/c15-11-4-9(5-12(16)13(11)18)23(20,21)17-8-2-1-7-6-22-14(19)10(7)3-8/h1-5,17-19H,6H2. The Morgan fingerprint density at radius 1 is 1.17 bits per heavy atom. The average molecular weight is 374 g/mol. The first-order chi connectivity index (χ1) is 10.8. The minimum absolute atomic E-state index is 0.171. The Morgan fingerprint density at radius 3 is 2.48 bits per heavy atom. The van der Waals surface area contributed by atoms with E-state index < -0.39 is 17.1 Å². The van der Waals surface area contributed by atoms with E-state index in [-0.39, 0.29) is 33.0 Å². The van der Waals surface area contributed by atoms with Crippen LogP contribution in [0.3, 0.4) is 0 Å². The molecular formula is C13H10BCl2NO5S. The lowest BCUT2D eigenvalue weighted by molar-refractivity contribution is 0.275. The first-order valence-corrected chi connectivity index (χ1v) is 8.65. The van der Waals surface area contributed by atoms with Crippen molar-refractivity contribution >= 4 is 51.5 Å². The van der Waals surface area contributed by atoms with Crippen molar-refractivity contribution in [2.24, 2.45) is 0 Å². The quantitative estimate of drug-likeness (QED) is 0.712. The predicted molar refractivity (Wildman–Crippen MR) is 87.8 cm³/mol. The maximum atomic E-state index is 12.4. The molecule has 2 aromatic rings. The maximum Gasteiger partial charge on any atom is 0.491 e. The smallest absolute Gasteiger partial charge is 0.491 e. The van der Waals surface area contributed by atoms with Crippen LogP contribution in [0.25, 0.3) is 0 Å². The summed E-state index contributed by atoms with van der Waals surface area (Å²) in [5.74, 6) is -0.384. The van der Waals surface area contributed by atoms with E-state index >= 15 is 0 Å². The molecule has 0 radical (unpaired) electrons. The molecular weight excluding hydrogens is 364 g/mol. The minimum atomic E-state index is -3.96. The van der Waals surface area contributed by atoms with Gasteiger partial charge in [0, 0.05) is 5.69 Å². The fourth-order valence-electron chi connectivity index (χ4n) is 2.19. The number of hydrogen-bond acceptors (Lipinski definition) is 5. The third kappa shape index (κ3) is 3.13. The van der Waals surface area contributed by atoms with Crippen LogP contribution < -0.4 is 10.2 Å². The van der Waals surface area contributed by atoms with Crippen LogP contribution in [0.1, 0.15) is 5.56 Å². The van der Waals surface area contributed by atoms with Gasteiger partial charge in [0.2, 0.25) is 0 Å². The molecule has 3 N–H and O–H groups in total. The normalized spacial score (nSPS) is 14.0. The fraction of sp³-hybridized carbons (Fsp3) is 0.0769. The third-order valence-corrected chi connectivity index (χ3v) is 5.30. The summed E-state index contributed by atoms with van der Waals surface area (Å²) in [7, 11) is -5.04. The topological polar surface area (TPSA) is 95.9 Å². The monoisotopic (exact) mass is 373 g/mol. The summed E-state index contributed by atoms with van der Waals surface area (Å²) in [6.45, 7) is 0.271. The van der Waals surface area contributed by atoms with E-state index in [1.165, 1.54) is 6.07 Å². The van der Waals surface area contributed by atoms with Gasteiger partial charge in [-0.05, 0) is 35.3 Å². The van der Waals surface area contributed by atoms with Crippen LogP contribution in [0, 0.1) is 0 Å². The lowest BCUT2D eigenvalue weighted by Crippen LogP contribution is -2.28. The Balaban J connectivity index is 1.95. The molecule has 0 saturated heterocycles. The number of anilines is 1. The van der Waals surface area contributed by atoms with Gasteiger partial charge in [0.05, 0.1) is 21.5 Å². The van der Waals surface area contributed by atoms with Crippen LogP contribution in [0.5, 0.6) is 5.75 Å². The highest BCUT2D eigenvalue weighted by molar-refractivity contribution is 7.92. The summed E-state index contributed by atoms with van der Waals surface area (Å²) in [6.07, 6.45) is 0. The predicted octanol–water partition coefficient (Wildman–Crippen LogP) is 1.72. The molecule has 0 fully saturated rings. The maximum absolute atomic E-state index is 12.4. The Kier molecular flexibility index (Phi) is 4.20. The molecule has 0 saturated carbocycles. The Bertz CT molecular complexity index is 867. The van der Waals surface area contributed by atoms with E-state index in [1.807, 2.05) is 0 Å². The first-order valence-electron chi connectivity index (χ1n) is 6.41. The Morgan fingerprint density at radius 2 is 1.83 bits per heavy atom. The number of phenols is 1. The lowest BCUT2D eigenvalue weighted by Gasteiger charge is -2.11. The van der Waals surface area contributed by atoms with Crippen molar-refractivity contribution in [3.8, 4) is 5.75 Å². The summed E-state index contributed by atoms with van der Waals surface area (Å²) in [5.41, 5.74) is 1.55. The zero-order chi connectivity index (χ0) is 16.8. The van der Waals surface area contributed by atoms with Crippen molar-refractivity contribution < 1.29 is 23.2 Å². The molecule has 1 aliphatic rings. The average Bonchev–Trinajstić information content (AvgIpc) is 2.85. The Labute approximate surface area is 142 Å². The van der Waals surface area contributed by atoms with E-state index in [0.717, 1.165) is 17.7 Å². The van der Waals surface area contributed by atoms with Gasteiger partial charge in [-0.15, -0.1) is 0 Å². The zero-order valence-corrected chi connectivity index (χ0v) is 13.8. The first kappa shape index (κ1) is 16.4. The van der Waals surface area contributed by atoms with Gasteiger partial charge < -0.3 is 14.8 Å². The third-order valence-electron chi connectivity index (χ3n) is 3.36. The number of phenolic OH excluding ortho intramolecular Hbond substituents is 1. The van der Waals surface area contributed by atoms with Crippen molar-refractivity contribution in [3.05, 3.63) is 45.9 Å². The van der Waals surface area contributed by atoms with Gasteiger partial charge in [0.1, 0.15) is 0 Å². The second-order valence-corrected chi connectivity index (χ2v) is 7.41. The van der Waals surface area contributed by atoms with Gasteiger partial charge in [-0.2, -0.15) is 0 Å². The van der Waals surface area contributed by atoms with Crippen LogP contribution in [-0.2, 0) is 21.3 Å². The van der Waals surface area contributed by atoms with Crippen molar-refractivity contribution in [3.63, 3.8) is 0 Å². The molecule has 0 unspecified atom stereocenters. The summed E-state index contributed by atoms with van der Waals surface area (Å²) in [4.78, 5) is -0.192. The highest BCUT2D eigenvalue weighted by Crippen LogP contribution is 2.34. The summed E-state index contributed by atoms with van der Waals surface area (Å²) in [6, 6.07) is 6.91. The SMILES string of the molecule is O=S(=O)(Nc1ccc2c(c1)B(O)OC2)c1cc(Cl)c(O)c(Cl)c1. The molecule has 1 heterocycles. The number of fused-ring (bicyclic) bond motifs is 1. The van der Waals surface area contributed by atoms with Crippen LogP contribution in [-0.4, -0.2) is 25.7 Å². The summed E-state index contributed by atoms with van der Waals surface area (Å²) < 4.78 is 32.2. The van der Waals surface area contributed by atoms with Crippen molar-refractivity contribution in [2.75, 3.05) is 4.72 Å². The second kappa shape index (κ2) is 5.88. The molecule has 6 nitrogen and oxygen atoms in total. The number of benzene rings is 2. The van der Waals surface area contributed by atoms with E-state index in [1.54, 1.807) is 12.1 Å². The number of halogens is 2. The molecule has 3 rings (SSSR count). The van der Waals surface area contributed by atoms with Crippen LogP contribution in [0.4, 0.5) is 5.69 Å². The summed E-state index contributed by atoms with van der Waals surface area (Å²) in [5, 5.41) is 18.8. The number of nitrogens with one attached hydrogen (secondary N) is 1. The molecule has 0 amide bonds.